The van der Waals surface area contributed by atoms with Crippen LogP contribution in [0.1, 0.15) is 116 Å². The van der Waals surface area contributed by atoms with Gasteiger partial charge in [-0.3, -0.25) is 42.9 Å². The van der Waals surface area contributed by atoms with Crippen LogP contribution < -0.4 is 15.6 Å². The molecule has 0 radical (unpaired) electrons. The van der Waals surface area contributed by atoms with Gasteiger partial charge in [-0.2, -0.15) is 0 Å². The number of carbonyl (C=O) groups is 4. The molecule has 0 bridgehead atoms. The van der Waals surface area contributed by atoms with Crippen LogP contribution >= 0.6 is 31.3 Å². The molecule has 1 unspecified atom stereocenters. The number of aryl methyl sites for hydroxylation is 2. The highest BCUT2D eigenvalue weighted by molar-refractivity contribution is 8.13. The van der Waals surface area contributed by atoms with Gasteiger partial charge >= 0.3 is 25.6 Å². The molecule has 440 valence electrons. The zero-order chi connectivity index (χ0) is 58.0. The summed E-state index contributed by atoms with van der Waals surface area (Å²) in [5, 5.41) is 22.2. The summed E-state index contributed by atoms with van der Waals surface area (Å²) in [5.41, 5.74) is 4.87. The first-order chi connectivity index (χ1) is 39.2. The van der Waals surface area contributed by atoms with E-state index in [0.717, 1.165) is 124 Å². The minimum Gasteiger partial charge on any atom is -0.457 e. The fraction of sp³-hybridized carbons (Fsp3) is 0.536. The number of aromatic nitrogens is 3. The quantitative estimate of drug-likeness (QED) is 0.00717. The summed E-state index contributed by atoms with van der Waals surface area (Å²) in [6.07, 6.45) is 9.97. The number of nitro benzene ring substituents is 1. The van der Waals surface area contributed by atoms with Gasteiger partial charge in [0.2, 0.25) is 5.52 Å². The van der Waals surface area contributed by atoms with E-state index in [-0.39, 0.29) is 77.8 Å². The van der Waals surface area contributed by atoms with Crippen molar-refractivity contribution in [1.29, 1.82) is 0 Å². The summed E-state index contributed by atoms with van der Waals surface area (Å²) in [7, 11) is -4.36. The fourth-order valence-electron chi connectivity index (χ4n) is 8.95. The standard InChI is InChI=1S/C56H73N6O16PS2/c1-5-61(6-2)43-23-25-47-50(35-43)77-51-36-49(65)45-24-21-41(34-46(45)54(51)58-47)18-17-20-52(66)76-44(38-75-79(70,74-31-33-81-40(4)64)73-29-27-57-56(67)72-30-32-80-39(3)63)37-71-28-16-14-12-10-8-7-9-11-13-15-19-42-22-26-48(62(68)69)55-53(42)59-78-60-55/h21-26,34-36,44H,5-20,27-33,37-38H2,1-4H3,(H,57,67)/t44-,79?/m1/s1. The van der Waals surface area contributed by atoms with Crippen molar-refractivity contribution in [3.05, 3.63) is 86.1 Å². The molecule has 2 aliphatic rings. The molecule has 1 aliphatic heterocycles. The van der Waals surface area contributed by atoms with Crippen LogP contribution in [0.25, 0.3) is 44.4 Å². The van der Waals surface area contributed by atoms with Gasteiger partial charge < -0.3 is 28.8 Å². The summed E-state index contributed by atoms with van der Waals surface area (Å²) in [4.78, 5) is 79.6. The zero-order valence-corrected chi connectivity index (χ0v) is 49.0. The van der Waals surface area contributed by atoms with E-state index in [9.17, 15) is 38.7 Å². The highest BCUT2D eigenvalue weighted by Gasteiger charge is 2.30. The second kappa shape index (κ2) is 33.8. The molecule has 1 aromatic heterocycles. The van der Waals surface area contributed by atoms with Crippen molar-refractivity contribution >= 4 is 97.9 Å². The first kappa shape index (κ1) is 64.2. The lowest BCUT2D eigenvalue weighted by molar-refractivity contribution is -0.383. The van der Waals surface area contributed by atoms with Crippen LogP contribution in [0.3, 0.4) is 0 Å². The van der Waals surface area contributed by atoms with E-state index >= 15 is 0 Å². The van der Waals surface area contributed by atoms with Crippen LogP contribution in [-0.4, -0.2) is 119 Å². The number of esters is 1. The number of ether oxygens (including phenoxy) is 3. The molecule has 0 fully saturated rings. The molecule has 22 nitrogen and oxygen atoms in total. The third-order valence-electron chi connectivity index (χ3n) is 13.0. The summed E-state index contributed by atoms with van der Waals surface area (Å²) in [6.45, 7) is 7.87. The number of nitrogens with one attached hydrogen (secondary N) is 1. The Kier molecular flexibility index (Phi) is 26.8. The lowest BCUT2D eigenvalue weighted by Gasteiger charge is -2.22. The molecule has 1 N–H and O–H groups in total. The monoisotopic (exact) mass is 1180 g/mol. The molecule has 1 amide bonds. The summed E-state index contributed by atoms with van der Waals surface area (Å²) < 4.78 is 58.7. The van der Waals surface area contributed by atoms with Crippen molar-refractivity contribution in [3.63, 3.8) is 0 Å². The topological polar surface area (TPSA) is 281 Å². The highest BCUT2D eigenvalue weighted by atomic mass is 32.2. The summed E-state index contributed by atoms with van der Waals surface area (Å²) in [6, 6.07) is 16.0. The van der Waals surface area contributed by atoms with E-state index in [1.54, 1.807) is 12.1 Å². The second-order valence-electron chi connectivity index (χ2n) is 19.1. The number of rotatable bonds is 38. The fourth-order valence-corrected chi connectivity index (χ4v) is 11.2. The molecule has 0 saturated heterocycles. The molecule has 81 heavy (non-hydrogen) atoms. The molecule has 4 aromatic rings. The van der Waals surface area contributed by atoms with Crippen molar-refractivity contribution in [1.82, 2.24) is 20.6 Å². The number of phosphoric acid groups is 1. The van der Waals surface area contributed by atoms with Gasteiger partial charge in [-0.25, -0.2) is 19.0 Å². The Morgan fingerprint density at radius 1 is 0.753 bits per heavy atom. The number of amides is 1. The maximum absolute atomic E-state index is 13.9. The molecule has 6 rings (SSSR count). The number of thioether (sulfide) groups is 2. The number of fused-ring (bicyclic) bond motifs is 5. The van der Waals surface area contributed by atoms with Crippen LogP contribution in [0.5, 0.6) is 0 Å². The molecule has 25 heteroatoms. The first-order valence-corrected chi connectivity index (χ1v) is 31.0. The lowest BCUT2D eigenvalue weighted by atomic mass is 9.99. The Bertz CT molecular complexity index is 3100. The van der Waals surface area contributed by atoms with Crippen molar-refractivity contribution in [2.75, 3.05) is 75.7 Å². The third-order valence-corrected chi connectivity index (χ3v) is 16.0. The molecule has 0 saturated carbocycles. The number of benzene rings is 4. The van der Waals surface area contributed by atoms with Crippen molar-refractivity contribution in [2.45, 2.75) is 124 Å². The lowest BCUT2D eigenvalue weighted by Crippen LogP contribution is -2.30. The average molecular weight is 1180 g/mol. The Labute approximate surface area is 478 Å². The number of hydrogen-bond donors (Lipinski definition) is 1. The predicted molar refractivity (Wildman–Crippen MR) is 311 cm³/mol. The number of nitrogens with zero attached hydrogens (tertiary/aromatic N) is 5. The smallest absolute Gasteiger partial charge is 0.457 e. The van der Waals surface area contributed by atoms with Crippen LogP contribution in [0.4, 0.5) is 16.2 Å². The Morgan fingerprint density at radius 3 is 2.16 bits per heavy atom. The van der Waals surface area contributed by atoms with E-state index in [1.165, 1.54) is 26.0 Å². The maximum Gasteiger partial charge on any atom is 0.475 e. The maximum atomic E-state index is 13.9. The van der Waals surface area contributed by atoms with Gasteiger partial charge in [0.25, 0.3) is 0 Å². The normalized spacial score (nSPS) is 12.7. The van der Waals surface area contributed by atoms with Gasteiger partial charge in [-0.1, -0.05) is 87.0 Å². The van der Waals surface area contributed by atoms with E-state index in [0.29, 0.717) is 58.3 Å². The number of phosphoric ester groups is 1. The van der Waals surface area contributed by atoms with Gasteiger partial charge in [0.15, 0.2) is 27.0 Å². The Morgan fingerprint density at radius 2 is 1.44 bits per heavy atom. The number of carbonyl (C=O) groups excluding carboxylic acids is 4. The number of unbranched alkanes of at least 4 members (excludes halogenated alkanes) is 9. The minimum atomic E-state index is -4.36. The van der Waals surface area contributed by atoms with Crippen molar-refractivity contribution in [3.8, 4) is 11.5 Å². The number of alkyl carbamates (subject to hydrolysis) is 1. The number of hydrogen-bond acceptors (Lipinski definition) is 22. The van der Waals surface area contributed by atoms with Crippen LogP contribution in [0.2, 0.25) is 0 Å². The van der Waals surface area contributed by atoms with Gasteiger partial charge in [-0.05, 0) is 91.7 Å². The third kappa shape index (κ3) is 21.0. The Balaban J connectivity index is 0.989. The summed E-state index contributed by atoms with van der Waals surface area (Å²) in [5.74, 6) is 0.271. The number of nitro groups is 1. The van der Waals surface area contributed by atoms with Gasteiger partial charge in [0, 0.05) is 92.7 Å². The van der Waals surface area contributed by atoms with Crippen LogP contribution in [-0.2, 0) is 59.6 Å². The second-order valence-corrected chi connectivity index (χ2v) is 23.3. The van der Waals surface area contributed by atoms with Gasteiger partial charge in [-0.15, -0.1) is 0 Å². The SMILES string of the molecule is CCN(CC)c1ccc2nc3c4cc(CCCC(=O)O[C@H](COCCCCCCCCCCCCc5ccc([N+](=O)[O-])c6nonc56)COP(=O)(OCCNC(=O)OCCSC(C)=O)OCCSC(C)=O)ccc4c(=O)cc-3oc2c1. The zero-order valence-electron chi connectivity index (χ0n) is 46.5. The van der Waals surface area contributed by atoms with Crippen LogP contribution in [0.15, 0.2) is 68.4 Å². The van der Waals surface area contributed by atoms with E-state index in [2.05, 4.69) is 34.4 Å². The van der Waals surface area contributed by atoms with E-state index < -0.39 is 37.5 Å². The predicted octanol–water partition coefficient (Wildman–Crippen LogP) is 11.6. The first-order valence-electron chi connectivity index (χ1n) is 27.6. The largest absolute Gasteiger partial charge is 0.475 e. The molecular weight excluding hydrogens is 1110 g/mol. The molecule has 2 heterocycles. The van der Waals surface area contributed by atoms with Gasteiger partial charge in [0.05, 0.1) is 31.4 Å². The van der Waals surface area contributed by atoms with E-state index in [4.69, 9.17) is 41.8 Å². The highest BCUT2D eigenvalue weighted by Crippen LogP contribution is 2.49. The number of non-ortho nitro benzene ring substituents is 1. The molecule has 3 aromatic carbocycles. The summed E-state index contributed by atoms with van der Waals surface area (Å²) >= 11 is 1.98. The average Bonchev–Trinajstić information content (AvgIpc) is 3.92. The Hall–Kier alpha value is -6.01. The van der Waals surface area contributed by atoms with E-state index in [1.807, 2.05) is 30.3 Å². The minimum absolute atomic E-state index is 0.000283. The molecule has 0 spiro atoms. The van der Waals surface area contributed by atoms with Crippen molar-refractivity contribution in [2.24, 2.45) is 0 Å². The van der Waals surface area contributed by atoms with Crippen molar-refractivity contribution < 1.29 is 65.5 Å². The van der Waals surface area contributed by atoms with Gasteiger partial charge in [0.1, 0.15) is 29.4 Å². The number of anilines is 1. The van der Waals surface area contributed by atoms with Crippen LogP contribution in [0, 0.1) is 10.1 Å². The molecule has 1 aliphatic carbocycles. The molecule has 2 atom stereocenters. The molecular formula is C56H73N6O16PS2.